The van der Waals surface area contributed by atoms with Crippen LogP contribution in [-0.2, 0) is 0 Å². The maximum atomic E-state index is 11.6. The summed E-state index contributed by atoms with van der Waals surface area (Å²) in [5.74, 6) is -0.531. The summed E-state index contributed by atoms with van der Waals surface area (Å²) in [6.07, 6.45) is 0. The molecule has 0 aliphatic heterocycles. The molecule has 0 saturated carbocycles. The van der Waals surface area contributed by atoms with Gasteiger partial charge in [-0.3, -0.25) is 4.79 Å². The number of ketones is 1. The molecule has 108 valence electrons. The standard InChI is InChI=1S/C16H16N2O3/c1-3-17-15-13(10(2)19)7-8-14(18-15)11-5-4-6-12(9-11)16(20)21/h4-9H,3H2,1-2H3,(H,17,18)(H,20,21). The maximum absolute atomic E-state index is 11.6. The van der Waals surface area contributed by atoms with Crippen molar-refractivity contribution in [3.8, 4) is 11.3 Å². The number of aromatic carboxylic acids is 1. The van der Waals surface area contributed by atoms with E-state index in [-0.39, 0.29) is 11.3 Å². The molecule has 0 aliphatic carbocycles. The van der Waals surface area contributed by atoms with Crippen molar-refractivity contribution in [2.75, 3.05) is 11.9 Å². The SMILES string of the molecule is CCNc1nc(-c2cccc(C(=O)O)c2)ccc1C(C)=O. The number of Topliss-reactive ketones (excluding diaryl/α,β-unsaturated/α-hetero) is 1. The molecule has 0 unspecified atom stereocenters. The molecule has 0 saturated heterocycles. The van der Waals surface area contributed by atoms with Gasteiger partial charge in [0.2, 0.25) is 0 Å². The Labute approximate surface area is 122 Å². The first-order valence-corrected chi connectivity index (χ1v) is 6.62. The second-order valence-electron chi connectivity index (χ2n) is 4.57. The average Bonchev–Trinajstić information content (AvgIpc) is 2.47. The van der Waals surface area contributed by atoms with Crippen molar-refractivity contribution in [2.45, 2.75) is 13.8 Å². The summed E-state index contributed by atoms with van der Waals surface area (Å²) in [5.41, 5.74) is 2.05. The van der Waals surface area contributed by atoms with Crippen LogP contribution in [0.1, 0.15) is 34.6 Å². The molecule has 0 radical (unpaired) electrons. The minimum Gasteiger partial charge on any atom is -0.478 e. The molecule has 2 N–H and O–H groups in total. The van der Waals surface area contributed by atoms with Gasteiger partial charge in [0.05, 0.1) is 16.8 Å². The Morgan fingerprint density at radius 1 is 1.24 bits per heavy atom. The van der Waals surface area contributed by atoms with E-state index in [2.05, 4.69) is 10.3 Å². The third kappa shape index (κ3) is 3.25. The fraction of sp³-hybridized carbons (Fsp3) is 0.188. The molecule has 0 atom stereocenters. The van der Waals surface area contributed by atoms with Gasteiger partial charge in [0.15, 0.2) is 5.78 Å². The number of pyridine rings is 1. The molecule has 1 heterocycles. The number of carbonyl (C=O) groups is 2. The lowest BCUT2D eigenvalue weighted by Crippen LogP contribution is -2.07. The molecule has 1 aromatic heterocycles. The van der Waals surface area contributed by atoms with Crippen LogP contribution in [0.2, 0.25) is 0 Å². The predicted molar refractivity (Wildman–Crippen MR) is 80.8 cm³/mol. The molecular weight excluding hydrogens is 268 g/mol. The highest BCUT2D eigenvalue weighted by Crippen LogP contribution is 2.23. The smallest absolute Gasteiger partial charge is 0.335 e. The van der Waals surface area contributed by atoms with Gasteiger partial charge in [0.1, 0.15) is 5.82 Å². The van der Waals surface area contributed by atoms with Gasteiger partial charge in [-0.1, -0.05) is 12.1 Å². The minimum atomic E-state index is -0.982. The molecular formula is C16H16N2O3. The van der Waals surface area contributed by atoms with E-state index >= 15 is 0 Å². The zero-order chi connectivity index (χ0) is 15.4. The third-order valence-electron chi connectivity index (χ3n) is 3.02. The molecule has 0 spiro atoms. The predicted octanol–water partition coefficient (Wildman–Crippen LogP) is 3.08. The highest BCUT2D eigenvalue weighted by molar-refractivity contribution is 5.99. The van der Waals surface area contributed by atoms with Gasteiger partial charge < -0.3 is 10.4 Å². The number of aromatic nitrogens is 1. The van der Waals surface area contributed by atoms with E-state index in [1.165, 1.54) is 13.0 Å². The number of nitrogens with one attached hydrogen (secondary N) is 1. The van der Waals surface area contributed by atoms with Crippen LogP contribution in [0.5, 0.6) is 0 Å². The number of carboxylic acids is 1. The van der Waals surface area contributed by atoms with Gasteiger partial charge in [0, 0.05) is 12.1 Å². The Bertz CT molecular complexity index is 696. The van der Waals surface area contributed by atoms with E-state index in [9.17, 15) is 9.59 Å². The molecule has 5 nitrogen and oxygen atoms in total. The second kappa shape index (κ2) is 6.17. The van der Waals surface area contributed by atoms with E-state index < -0.39 is 5.97 Å². The molecule has 1 aromatic carbocycles. The fourth-order valence-corrected chi connectivity index (χ4v) is 2.02. The largest absolute Gasteiger partial charge is 0.478 e. The fourth-order valence-electron chi connectivity index (χ4n) is 2.02. The van der Waals surface area contributed by atoms with Crippen molar-refractivity contribution in [3.05, 3.63) is 47.5 Å². The summed E-state index contributed by atoms with van der Waals surface area (Å²) < 4.78 is 0. The van der Waals surface area contributed by atoms with Crippen molar-refractivity contribution in [2.24, 2.45) is 0 Å². The zero-order valence-corrected chi connectivity index (χ0v) is 11.9. The van der Waals surface area contributed by atoms with Crippen LogP contribution in [0.4, 0.5) is 5.82 Å². The van der Waals surface area contributed by atoms with Gasteiger partial charge in [-0.05, 0) is 38.1 Å². The number of carboxylic acid groups (broad SMARTS) is 1. The van der Waals surface area contributed by atoms with E-state index in [4.69, 9.17) is 5.11 Å². The summed E-state index contributed by atoms with van der Waals surface area (Å²) in [6, 6.07) is 9.98. The van der Waals surface area contributed by atoms with Crippen LogP contribution in [0.25, 0.3) is 11.3 Å². The van der Waals surface area contributed by atoms with E-state index in [1.807, 2.05) is 6.92 Å². The summed E-state index contributed by atoms with van der Waals surface area (Å²) >= 11 is 0. The molecule has 2 aromatic rings. The quantitative estimate of drug-likeness (QED) is 0.825. The lowest BCUT2D eigenvalue weighted by Gasteiger charge is -2.10. The highest BCUT2D eigenvalue weighted by atomic mass is 16.4. The summed E-state index contributed by atoms with van der Waals surface area (Å²) in [5, 5.41) is 12.1. The van der Waals surface area contributed by atoms with Gasteiger partial charge in [-0.2, -0.15) is 0 Å². The topological polar surface area (TPSA) is 79.3 Å². The van der Waals surface area contributed by atoms with Crippen molar-refractivity contribution in [1.82, 2.24) is 4.98 Å². The van der Waals surface area contributed by atoms with Gasteiger partial charge in [-0.15, -0.1) is 0 Å². The van der Waals surface area contributed by atoms with E-state index in [0.717, 1.165) is 0 Å². The number of hydrogen-bond donors (Lipinski definition) is 2. The van der Waals surface area contributed by atoms with Crippen LogP contribution in [-0.4, -0.2) is 28.4 Å². The number of rotatable bonds is 5. The Balaban J connectivity index is 2.49. The number of anilines is 1. The van der Waals surface area contributed by atoms with Crippen LogP contribution in [0, 0.1) is 0 Å². The van der Waals surface area contributed by atoms with Gasteiger partial charge in [-0.25, -0.2) is 9.78 Å². The monoisotopic (exact) mass is 284 g/mol. The summed E-state index contributed by atoms with van der Waals surface area (Å²) in [4.78, 5) is 27.0. The molecule has 0 fully saturated rings. The molecule has 0 aliphatic rings. The van der Waals surface area contributed by atoms with Crippen LogP contribution in [0.15, 0.2) is 36.4 Å². The molecule has 0 bridgehead atoms. The first kappa shape index (κ1) is 14.7. The Kier molecular flexibility index (Phi) is 4.33. The number of carbonyl (C=O) groups excluding carboxylic acids is 1. The van der Waals surface area contributed by atoms with Crippen molar-refractivity contribution in [3.63, 3.8) is 0 Å². The second-order valence-corrected chi connectivity index (χ2v) is 4.57. The van der Waals surface area contributed by atoms with Gasteiger partial charge in [0.25, 0.3) is 0 Å². The van der Waals surface area contributed by atoms with Crippen LogP contribution in [0.3, 0.4) is 0 Å². The first-order chi connectivity index (χ1) is 10.0. The zero-order valence-electron chi connectivity index (χ0n) is 11.9. The van der Waals surface area contributed by atoms with Gasteiger partial charge >= 0.3 is 5.97 Å². The van der Waals surface area contributed by atoms with Crippen LogP contribution >= 0.6 is 0 Å². The molecule has 21 heavy (non-hydrogen) atoms. The summed E-state index contributed by atoms with van der Waals surface area (Å²) in [6.45, 7) is 4.05. The summed E-state index contributed by atoms with van der Waals surface area (Å²) in [7, 11) is 0. The van der Waals surface area contributed by atoms with Crippen molar-refractivity contribution >= 4 is 17.6 Å². The Morgan fingerprint density at radius 2 is 2.00 bits per heavy atom. The molecule has 2 rings (SSSR count). The Morgan fingerprint density at radius 3 is 2.62 bits per heavy atom. The number of hydrogen-bond acceptors (Lipinski definition) is 4. The number of benzene rings is 1. The highest BCUT2D eigenvalue weighted by Gasteiger charge is 2.11. The van der Waals surface area contributed by atoms with Crippen molar-refractivity contribution < 1.29 is 14.7 Å². The number of nitrogens with zero attached hydrogens (tertiary/aromatic N) is 1. The minimum absolute atomic E-state index is 0.0655. The molecule has 5 heteroatoms. The van der Waals surface area contributed by atoms with Crippen molar-refractivity contribution in [1.29, 1.82) is 0 Å². The van der Waals surface area contributed by atoms with E-state index in [0.29, 0.717) is 29.2 Å². The first-order valence-electron chi connectivity index (χ1n) is 6.62. The Hall–Kier alpha value is -2.69. The molecule has 0 amide bonds. The average molecular weight is 284 g/mol. The lowest BCUT2D eigenvalue weighted by atomic mass is 10.1. The lowest BCUT2D eigenvalue weighted by molar-refractivity contribution is 0.0696. The third-order valence-corrected chi connectivity index (χ3v) is 3.02. The van der Waals surface area contributed by atoms with E-state index in [1.54, 1.807) is 30.3 Å². The normalized spacial score (nSPS) is 10.2. The maximum Gasteiger partial charge on any atom is 0.335 e. The van der Waals surface area contributed by atoms with Crippen LogP contribution < -0.4 is 5.32 Å².